The molecule has 0 saturated carbocycles. The van der Waals surface area contributed by atoms with E-state index in [2.05, 4.69) is 21.0 Å². The topological polar surface area (TPSA) is 65.4 Å². The Bertz CT molecular complexity index is 563. The number of aromatic amines is 1. The van der Waals surface area contributed by atoms with Gasteiger partial charge in [0, 0.05) is 23.3 Å². The molecule has 3 rings (SSSR count). The standard InChI is InChI=1S/C9H6N2.C4H4N2/c10-6-8-5-7-3-1-2-4-9(7)11-8;1-2-5-4-6-3-1/h1-5,11H;1-4H. The van der Waals surface area contributed by atoms with Crippen LogP contribution in [0.5, 0.6) is 0 Å². The van der Waals surface area contributed by atoms with Gasteiger partial charge in [-0.05, 0) is 18.2 Å². The summed E-state index contributed by atoms with van der Waals surface area (Å²) in [6, 6.07) is 13.5. The average molecular weight is 222 g/mol. The largest absolute Gasteiger partial charge is 0.346 e. The molecule has 0 aliphatic heterocycles. The third-order valence-electron chi connectivity index (χ3n) is 2.13. The molecule has 0 bridgehead atoms. The highest BCUT2D eigenvalue weighted by Crippen LogP contribution is 2.13. The van der Waals surface area contributed by atoms with Crippen molar-refractivity contribution in [2.24, 2.45) is 0 Å². The van der Waals surface area contributed by atoms with Crippen LogP contribution >= 0.6 is 0 Å². The van der Waals surface area contributed by atoms with Crippen LogP contribution in [0.1, 0.15) is 5.69 Å². The maximum atomic E-state index is 8.56. The summed E-state index contributed by atoms with van der Waals surface area (Å²) < 4.78 is 0. The number of nitrogens with zero attached hydrogens (tertiary/aromatic N) is 3. The molecule has 0 unspecified atom stereocenters. The fraction of sp³-hybridized carbons (Fsp3) is 0. The molecule has 0 fully saturated rings. The highest BCUT2D eigenvalue weighted by molar-refractivity contribution is 5.80. The zero-order valence-corrected chi connectivity index (χ0v) is 9.04. The van der Waals surface area contributed by atoms with E-state index in [-0.39, 0.29) is 0 Å². The van der Waals surface area contributed by atoms with Crippen LogP contribution in [0, 0.1) is 11.3 Å². The molecule has 0 atom stereocenters. The Labute approximate surface area is 98.6 Å². The molecule has 0 aliphatic rings. The minimum atomic E-state index is 0.617. The first-order chi connectivity index (χ1) is 8.40. The molecule has 82 valence electrons. The second-order valence-electron chi connectivity index (χ2n) is 3.29. The van der Waals surface area contributed by atoms with Crippen molar-refractivity contribution in [3.63, 3.8) is 0 Å². The highest BCUT2D eigenvalue weighted by atomic mass is 14.8. The van der Waals surface area contributed by atoms with Gasteiger partial charge in [0.2, 0.25) is 0 Å². The van der Waals surface area contributed by atoms with Gasteiger partial charge in [-0.2, -0.15) is 5.26 Å². The number of aromatic nitrogens is 3. The monoisotopic (exact) mass is 222 g/mol. The fourth-order valence-electron chi connectivity index (χ4n) is 1.39. The molecular formula is C13H10N4. The number of para-hydroxylation sites is 1. The third-order valence-corrected chi connectivity index (χ3v) is 2.13. The van der Waals surface area contributed by atoms with Gasteiger partial charge in [0.1, 0.15) is 18.1 Å². The molecular weight excluding hydrogens is 212 g/mol. The number of H-pyrrole nitrogens is 1. The smallest absolute Gasteiger partial charge is 0.118 e. The molecule has 3 aromatic rings. The summed E-state index contributed by atoms with van der Waals surface area (Å²) in [7, 11) is 0. The van der Waals surface area contributed by atoms with E-state index in [0.717, 1.165) is 10.9 Å². The molecule has 17 heavy (non-hydrogen) atoms. The molecule has 0 amide bonds. The van der Waals surface area contributed by atoms with E-state index in [1.54, 1.807) is 18.5 Å². The number of fused-ring (bicyclic) bond motifs is 1. The number of nitriles is 1. The van der Waals surface area contributed by atoms with Gasteiger partial charge in [-0.1, -0.05) is 18.2 Å². The summed E-state index contributed by atoms with van der Waals surface area (Å²) in [5.41, 5.74) is 1.63. The van der Waals surface area contributed by atoms with Crippen molar-refractivity contribution in [1.29, 1.82) is 5.26 Å². The normalized spacial score (nSPS) is 9.12. The molecule has 0 radical (unpaired) electrons. The van der Waals surface area contributed by atoms with Crippen molar-refractivity contribution in [1.82, 2.24) is 15.0 Å². The number of rotatable bonds is 0. The predicted molar refractivity (Wildman–Crippen MR) is 65.0 cm³/mol. The molecule has 0 saturated heterocycles. The summed E-state index contributed by atoms with van der Waals surface area (Å²) in [5.74, 6) is 0. The van der Waals surface area contributed by atoms with Crippen LogP contribution < -0.4 is 0 Å². The fourth-order valence-corrected chi connectivity index (χ4v) is 1.39. The van der Waals surface area contributed by atoms with Crippen LogP contribution in [-0.4, -0.2) is 15.0 Å². The zero-order valence-electron chi connectivity index (χ0n) is 9.04. The van der Waals surface area contributed by atoms with E-state index in [0.29, 0.717) is 5.69 Å². The lowest BCUT2D eigenvalue weighted by atomic mass is 10.2. The summed E-state index contributed by atoms with van der Waals surface area (Å²) in [5, 5.41) is 9.64. The van der Waals surface area contributed by atoms with E-state index in [9.17, 15) is 0 Å². The minimum absolute atomic E-state index is 0.617. The molecule has 1 N–H and O–H groups in total. The maximum absolute atomic E-state index is 8.56. The van der Waals surface area contributed by atoms with Gasteiger partial charge in [-0.15, -0.1) is 0 Å². The first-order valence-corrected chi connectivity index (χ1v) is 5.08. The van der Waals surface area contributed by atoms with Crippen molar-refractivity contribution in [3.8, 4) is 6.07 Å². The van der Waals surface area contributed by atoms with Crippen molar-refractivity contribution < 1.29 is 0 Å². The van der Waals surface area contributed by atoms with E-state index in [4.69, 9.17) is 5.26 Å². The summed E-state index contributed by atoms with van der Waals surface area (Å²) >= 11 is 0. The first kappa shape index (κ1) is 10.8. The lowest BCUT2D eigenvalue weighted by Gasteiger charge is -1.83. The Kier molecular flexibility index (Phi) is 3.46. The summed E-state index contributed by atoms with van der Waals surface area (Å²) in [6.07, 6.45) is 4.88. The van der Waals surface area contributed by atoms with Gasteiger partial charge in [0.25, 0.3) is 0 Å². The molecule has 2 heterocycles. The lowest BCUT2D eigenvalue weighted by molar-refractivity contribution is 1.17. The van der Waals surface area contributed by atoms with Crippen LogP contribution in [0.3, 0.4) is 0 Å². The molecule has 4 nitrogen and oxygen atoms in total. The van der Waals surface area contributed by atoms with E-state index < -0.39 is 0 Å². The lowest BCUT2D eigenvalue weighted by Crippen LogP contribution is -1.67. The van der Waals surface area contributed by atoms with Gasteiger partial charge in [0.15, 0.2) is 0 Å². The molecule has 0 aliphatic carbocycles. The number of hydrogen-bond acceptors (Lipinski definition) is 3. The van der Waals surface area contributed by atoms with E-state index >= 15 is 0 Å². The van der Waals surface area contributed by atoms with Crippen LogP contribution in [0.15, 0.2) is 55.1 Å². The van der Waals surface area contributed by atoms with Gasteiger partial charge in [-0.25, -0.2) is 9.97 Å². The Morgan fingerprint density at radius 3 is 2.35 bits per heavy atom. The summed E-state index contributed by atoms with van der Waals surface area (Å²) in [6.45, 7) is 0. The van der Waals surface area contributed by atoms with Gasteiger partial charge in [-0.3, -0.25) is 0 Å². The van der Waals surface area contributed by atoms with Crippen molar-refractivity contribution in [3.05, 3.63) is 60.8 Å². The summed E-state index contributed by atoms with van der Waals surface area (Å²) in [4.78, 5) is 10.3. The number of hydrogen-bond donors (Lipinski definition) is 1. The second kappa shape index (κ2) is 5.42. The Balaban J connectivity index is 0.000000153. The average Bonchev–Trinajstić information content (AvgIpc) is 2.84. The van der Waals surface area contributed by atoms with Crippen molar-refractivity contribution in [2.75, 3.05) is 0 Å². The van der Waals surface area contributed by atoms with Crippen LogP contribution in [0.2, 0.25) is 0 Å². The maximum Gasteiger partial charge on any atom is 0.118 e. The highest BCUT2D eigenvalue weighted by Gasteiger charge is 1.95. The van der Waals surface area contributed by atoms with Gasteiger partial charge in [0.05, 0.1) is 0 Å². The van der Waals surface area contributed by atoms with E-state index in [1.165, 1.54) is 6.33 Å². The van der Waals surface area contributed by atoms with Crippen molar-refractivity contribution in [2.45, 2.75) is 0 Å². The predicted octanol–water partition coefficient (Wildman–Crippen LogP) is 2.52. The third kappa shape index (κ3) is 2.89. The Hall–Kier alpha value is -2.67. The zero-order chi connectivity index (χ0) is 11.9. The van der Waals surface area contributed by atoms with Gasteiger partial charge >= 0.3 is 0 Å². The SMILES string of the molecule is N#Cc1cc2ccccc2[nH]1.c1cncnc1. The number of nitrogens with one attached hydrogen (secondary N) is 1. The second-order valence-corrected chi connectivity index (χ2v) is 3.29. The molecule has 0 spiro atoms. The molecule has 4 heteroatoms. The van der Waals surface area contributed by atoms with Crippen molar-refractivity contribution >= 4 is 10.9 Å². The van der Waals surface area contributed by atoms with Gasteiger partial charge < -0.3 is 4.98 Å². The molecule has 2 aromatic heterocycles. The van der Waals surface area contributed by atoms with E-state index in [1.807, 2.05) is 30.3 Å². The minimum Gasteiger partial charge on any atom is -0.346 e. The Morgan fingerprint density at radius 2 is 1.82 bits per heavy atom. The number of benzene rings is 1. The first-order valence-electron chi connectivity index (χ1n) is 5.08. The molecule has 1 aromatic carbocycles. The Morgan fingerprint density at radius 1 is 1.06 bits per heavy atom. The van der Waals surface area contributed by atoms with Crippen LogP contribution in [0.25, 0.3) is 10.9 Å². The van der Waals surface area contributed by atoms with Crippen LogP contribution in [-0.2, 0) is 0 Å². The quantitative estimate of drug-likeness (QED) is 0.635. The van der Waals surface area contributed by atoms with Crippen LogP contribution in [0.4, 0.5) is 0 Å².